The normalized spacial score (nSPS) is 17.3. The Morgan fingerprint density at radius 2 is 2.03 bits per heavy atom. The van der Waals surface area contributed by atoms with Gasteiger partial charge in [0.25, 0.3) is 11.8 Å². The van der Waals surface area contributed by atoms with Gasteiger partial charge in [-0.3, -0.25) is 9.78 Å². The van der Waals surface area contributed by atoms with Crippen LogP contribution < -0.4 is 14.8 Å². The van der Waals surface area contributed by atoms with Crippen LogP contribution in [-0.4, -0.2) is 27.7 Å². The number of hydrogen-bond donors (Lipinski definition) is 1. The number of aryl methyl sites for hydroxylation is 1. The summed E-state index contributed by atoms with van der Waals surface area (Å²) in [6.07, 6.45) is 3.98. The van der Waals surface area contributed by atoms with Crippen molar-refractivity contribution < 1.29 is 23.1 Å². The Hall–Kier alpha value is -3.46. The molecule has 1 atom stereocenters. The molecule has 2 heterocycles. The van der Waals surface area contributed by atoms with Gasteiger partial charge in [-0.25, -0.2) is 4.39 Å². The Bertz CT molecular complexity index is 1160. The van der Waals surface area contributed by atoms with Crippen LogP contribution >= 0.6 is 11.6 Å². The second-order valence-electron chi connectivity index (χ2n) is 7.60. The molecule has 10 heteroatoms. The fourth-order valence-electron chi connectivity index (χ4n) is 3.13. The van der Waals surface area contributed by atoms with Gasteiger partial charge in [-0.15, -0.1) is 10.2 Å². The van der Waals surface area contributed by atoms with E-state index in [0.29, 0.717) is 29.6 Å². The molecule has 1 aliphatic rings. The maximum atomic E-state index is 13.4. The predicted molar refractivity (Wildman–Crippen MR) is 113 cm³/mol. The lowest BCUT2D eigenvalue weighted by atomic mass is 9.75. The summed E-state index contributed by atoms with van der Waals surface area (Å²) in [5, 5.41) is 10.9. The Kier molecular flexibility index (Phi) is 6.09. The number of amides is 1. The molecule has 1 N–H and O–H groups in total. The monoisotopic (exact) mass is 458 g/mol. The fourth-order valence-corrected chi connectivity index (χ4v) is 3.24. The van der Waals surface area contributed by atoms with Crippen LogP contribution in [0.15, 0.2) is 52.7 Å². The van der Waals surface area contributed by atoms with Gasteiger partial charge in [0.1, 0.15) is 17.3 Å². The van der Waals surface area contributed by atoms with Crippen molar-refractivity contribution in [3.8, 4) is 11.5 Å². The Morgan fingerprint density at radius 3 is 2.75 bits per heavy atom. The van der Waals surface area contributed by atoms with Crippen LogP contribution in [0.2, 0.25) is 5.02 Å². The Labute approximate surface area is 188 Å². The molecule has 1 unspecified atom stereocenters. The van der Waals surface area contributed by atoms with Gasteiger partial charge in [-0.2, -0.15) is 0 Å². The minimum atomic E-state index is -0.609. The number of halogens is 2. The SMILES string of the molecule is Cc1ccc(OCc2nnc(C3(C)C=C(NC(=O)COc4ccc(Cl)c(F)c4)C3)o2)cn1. The summed E-state index contributed by atoms with van der Waals surface area (Å²) in [6.45, 7) is 3.69. The van der Waals surface area contributed by atoms with E-state index in [0.717, 1.165) is 11.8 Å². The van der Waals surface area contributed by atoms with Crippen molar-refractivity contribution in [2.45, 2.75) is 32.3 Å². The number of benzene rings is 1. The molecule has 0 saturated carbocycles. The lowest BCUT2D eigenvalue weighted by Gasteiger charge is -2.33. The molecule has 4 rings (SSSR count). The van der Waals surface area contributed by atoms with Crippen molar-refractivity contribution in [1.82, 2.24) is 20.5 Å². The van der Waals surface area contributed by atoms with Crippen LogP contribution in [0.1, 0.15) is 30.8 Å². The van der Waals surface area contributed by atoms with E-state index in [4.69, 9.17) is 25.5 Å². The van der Waals surface area contributed by atoms with Gasteiger partial charge in [0.15, 0.2) is 13.2 Å². The minimum absolute atomic E-state index is 0.0105. The van der Waals surface area contributed by atoms with E-state index >= 15 is 0 Å². The topological polar surface area (TPSA) is 99.4 Å². The van der Waals surface area contributed by atoms with E-state index in [1.165, 1.54) is 12.1 Å². The molecular formula is C22H20ClFN4O4. The number of nitrogens with one attached hydrogen (secondary N) is 1. The number of carbonyl (C=O) groups is 1. The zero-order chi connectivity index (χ0) is 22.7. The molecule has 3 aromatic rings. The first-order chi connectivity index (χ1) is 15.3. The number of carbonyl (C=O) groups excluding carboxylic acids is 1. The fraction of sp³-hybridized carbons (Fsp3) is 0.273. The number of allylic oxidation sites excluding steroid dienone is 2. The summed E-state index contributed by atoms with van der Waals surface area (Å²) in [7, 11) is 0. The lowest BCUT2D eigenvalue weighted by Crippen LogP contribution is -2.39. The van der Waals surface area contributed by atoms with Crippen LogP contribution in [-0.2, 0) is 16.8 Å². The van der Waals surface area contributed by atoms with Crippen molar-refractivity contribution in [1.29, 1.82) is 0 Å². The summed E-state index contributed by atoms with van der Waals surface area (Å²) in [4.78, 5) is 16.3. The van der Waals surface area contributed by atoms with E-state index in [-0.39, 0.29) is 29.9 Å². The first-order valence-corrected chi connectivity index (χ1v) is 10.2. The molecule has 166 valence electrons. The molecule has 0 spiro atoms. The number of aromatic nitrogens is 3. The largest absolute Gasteiger partial charge is 0.484 e. The van der Waals surface area contributed by atoms with E-state index in [2.05, 4.69) is 20.5 Å². The highest BCUT2D eigenvalue weighted by atomic mass is 35.5. The zero-order valence-electron chi connectivity index (χ0n) is 17.4. The summed E-state index contributed by atoms with van der Waals surface area (Å²) in [6, 6.07) is 7.65. The van der Waals surface area contributed by atoms with Gasteiger partial charge in [0.05, 0.1) is 16.6 Å². The van der Waals surface area contributed by atoms with E-state index in [1.54, 1.807) is 6.20 Å². The molecule has 1 amide bonds. The lowest BCUT2D eigenvalue weighted by molar-refractivity contribution is -0.122. The second kappa shape index (κ2) is 8.96. The molecule has 0 bridgehead atoms. The third-order valence-electron chi connectivity index (χ3n) is 4.81. The van der Waals surface area contributed by atoms with Gasteiger partial charge in [-0.05, 0) is 44.2 Å². The van der Waals surface area contributed by atoms with Crippen LogP contribution in [0.3, 0.4) is 0 Å². The standard InChI is InChI=1S/C22H20ClFN4O4/c1-13-3-4-16(10-25-13)31-12-20-27-28-21(32-20)22(2)8-14(9-22)26-19(29)11-30-15-5-6-17(23)18(24)7-15/h3-8,10H,9,11-12H2,1-2H3,(H,26,29). The van der Waals surface area contributed by atoms with Crippen LogP contribution in [0, 0.1) is 12.7 Å². The molecule has 2 aromatic heterocycles. The summed E-state index contributed by atoms with van der Waals surface area (Å²) < 4.78 is 30.0. The Morgan fingerprint density at radius 1 is 1.25 bits per heavy atom. The summed E-state index contributed by atoms with van der Waals surface area (Å²) in [5.41, 5.74) is 1.12. The van der Waals surface area contributed by atoms with E-state index < -0.39 is 11.2 Å². The van der Waals surface area contributed by atoms with Crippen molar-refractivity contribution in [2.75, 3.05) is 6.61 Å². The molecular weight excluding hydrogens is 439 g/mol. The Balaban J connectivity index is 1.27. The maximum absolute atomic E-state index is 13.4. The van der Waals surface area contributed by atoms with Gasteiger partial charge in [0.2, 0.25) is 5.89 Å². The molecule has 8 nitrogen and oxygen atoms in total. The highest BCUT2D eigenvalue weighted by Crippen LogP contribution is 2.39. The second-order valence-corrected chi connectivity index (χ2v) is 8.01. The third kappa shape index (κ3) is 5.05. The smallest absolute Gasteiger partial charge is 0.262 e. The highest BCUT2D eigenvalue weighted by Gasteiger charge is 2.39. The number of rotatable bonds is 8. The number of hydrogen-bond acceptors (Lipinski definition) is 7. The molecule has 1 aromatic carbocycles. The van der Waals surface area contributed by atoms with Gasteiger partial charge >= 0.3 is 0 Å². The average Bonchev–Trinajstić information content (AvgIpc) is 3.22. The number of ether oxygens (including phenoxy) is 2. The minimum Gasteiger partial charge on any atom is -0.484 e. The van der Waals surface area contributed by atoms with Crippen LogP contribution in [0.4, 0.5) is 4.39 Å². The molecule has 0 radical (unpaired) electrons. The predicted octanol–water partition coefficient (Wildman–Crippen LogP) is 3.89. The first kappa shape index (κ1) is 21.8. The average molecular weight is 459 g/mol. The van der Waals surface area contributed by atoms with E-state index in [1.807, 2.05) is 32.1 Å². The number of pyridine rings is 1. The van der Waals surface area contributed by atoms with E-state index in [9.17, 15) is 9.18 Å². The third-order valence-corrected chi connectivity index (χ3v) is 5.12. The van der Waals surface area contributed by atoms with Crippen LogP contribution in [0.25, 0.3) is 0 Å². The molecule has 1 aliphatic carbocycles. The molecule has 0 saturated heterocycles. The maximum Gasteiger partial charge on any atom is 0.262 e. The van der Waals surface area contributed by atoms with Crippen molar-refractivity contribution >= 4 is 17.5 Å². The first-order valence-electron chi connectivity index (χ1n) is 9.78. The highest BCUT2D eigenvalue weighted by molar-refractivity contribution is 6.30. The van der Waals surface area contributed by atoms with Crippen molar-refractivity contribution in [3.05, 3.63) is 76.6 Å². The summed E-state index contributed by atoms with van der Waals surface area (Å²) >= 11 is 5.62. The quantitative estimate of drug-likeness (QED) is 0.546. The molecule has 0 aliphatic heterocycles. The van der Waals surface area contributed by atoms with Crippen molar-refractivity contribution in [2.24, 2.45) is 0 Å². The van der Waals surface area contributed by atoms with Crippen LogP contribution in [0.5, 0.6) is 11.5 Å². The number of nitrogens with zero attached hydrogens (tertiary/aromatic N) is 3. The van der Waals surface area contributed by atoms with Crippen molar-refractivity contribution in [3.63, 3.8) is 0 Å². The summed E-state index contributed by atoms with van der Waals surface area (Å²) in [5.74, 6) is 0.636. The molecule has 0 fully saturated rings. The molecule has 32 heavy (non-hydrogen) atoms. The van der Waals surface area contributed by atoms with Gasteiger partial charge < -0.3 is 19.2 Å². The van der Waals surface area contributed by atoms with Gasteiger partial charge in [0, 0.05) is 23.9 Å². The zero-order valence-corrected chi connectivity index (χ0v) is 18.1. The van der Waals surface area contributed by atoms with Gasteiger partial charge in [-0.1, -0.05) is 11.6 Å².